The van der Waals surface area contributed by atoms with E-state index in [0.29, 0.717) is 12.4 Å². The molecule has 108 valence electrons. The van der Waals surface area contributed by atoms with E-state index in [1.54, 1.807) is 12.3 Å². The lowest BCUT2D eigenvalue weighted by Gasteiger charge is -2.29. The Kier molecular flexibility index (Phi) is 3.79. The van der Waals surface area contributed by atoms with E-state index in [-0.39, 0.29) is 23.1 Å². The third-order valence-electron chi connectivity index (χ3n) is 3.74. The predicted molar refractivity (Wildman–Crippen MR) is 77.0 cm³/mol. The molecule has 0 aliphatic carbocycles. The van der Waals surface area contributed by atoms with E-state index in [0.717, 1.165) is 5.56 Å². The van der Waals surface area contributed by atoms with Crippen molar-refractivity contribution in [2.24, 2.45) is 17.3 Å². The van der Waals surface area contributed by atoms with Crippen molar-refractivity contribution >= 4 is 17.6 Å². The molecule has 1 saturated heterocycles. The molecule has 1 fully saturated rings. The molecule has 1 aromatic heterocycles. The van der Waals surface area contributed by atoms with Crippen LogP contribution in [0.2, 0.25) is 0 Å². The number of amides is 2. The minimum atomic E-state index is -0.655. The van der Waals surface area contributed by atoms with Crippen LogP contribution in [-0.4, -0.2) is 23.3 Å². The van der Waals surface area contributed by atoms with Crippen LogP contribution in [0.15, 0.2) is 18.3 Å². The van der Waals surface area contributed by atoms with Gasteiger partial charge in [0.2, 0.25) is 11.8 Å². The van der Waals surface area contributed by atoms with Crippen LogP contribution in [0.1, 0.15) is 26.3 Å². The summed E-state index contributed by atoms with van der Waals surface area (Å²) in [6.45, 7) is 8.61. The highest BCUT2D eigenvalue weighted by Crippen LogP contribution is 2.35. The number of rotatable bonds is 2. The maximum absolute atomic E-state index is 12.4. The smallest absolute Gasteiger partial charge is 0.238 e. The topological polar surface area (TPSA) is 71.1 Å². The molecule has 1 aliphatic rings. The van der Waals surface area contributed by atoms with E-state index in [1.165, 1.54) is 0 Å². The lowest BCUT2D eigenvalue weighted by Crippen LogP contribution is -2.37. The number of anilines is 1. The molecule has 2 rings (SSSR count). The first-order valence-corrected chi connectivity index (χ1v) is 6.80. The normalized spacial score (nSPS) is 22.5. The first kappa shape index (κ1) is 14.5. The summed E-state index contributed by atoms with van der Waals surface area (Å²) >= 11 is 0. The highest BCUT2D eigenvalue weighted by atomic mass is 16.2. The summed E-state index contributed by atoms with van der Waals surface area (Å²) in [4.78, 5) is 28.4. The summed E-state index contributed by atoms with van der Waals surface area (Å²) < 4.78 is 0. The van der Waals surface area contributed by atoms with Crippen LogP contribution in [0.5, 0.6) is 0 Å². The van der Waals surface area contributed by atoms with Crippen molar-refractivity contribution in [3.05, 3.63) is 23.9 Å². The summed E-state index contributed by atoms with van der Waals surface area (Å²) in [5.74, 6) is -0.660. The fraction of sp³-hybridized carbons (Fsp3) is 0.533. The van der Waals surface area contributed by atoms with E-state index in [4.69, 9.17) is 0 Å². The van der Waals surface area contributed by atoms with Gasteiger partial charge in [-0.2, -0.15) is 0 Å². The molecule has 2 unspecified atom stereocenters. The van der Waals surface area contributed by atoms with Gasteiger partial charge in [0.15, 0.2) is 0 Å². The third-order valence-corrected chi connectivity index (χ3v) is 3.74. The van der Waals surface area contributed by atoms with E-state index in [1.807, 2.05) is 33.8 Å². The van der Waals surface area contributed by atoms with Gasteiger partial charge < -0.3 is 10.6 Å². The van der Waals surface area contributed by atoms with Crippen molar-refractivity contribution in [2.75, 3.05) is 11.9 Å². The standard InChI is InChI=1S/C15H21N3O2/c1-9-5-6-16-11(7-9)18-14(20)12-10(15(2,3)4)8-17-13(12)19/h5-7,10,12H,8H2,1-4H3,(H,17,19)(H,16,18,20). The van der Waals surface area contributed by atoms with Crippen LogP contribution < -0.4 is 10.6 Å². The van der Waals surface area contributed by atoms with Crippen LogP contribution in [0.3, 0.4) is 0 Å². The van der Waals surface area contributed by atoms with Crippen LogP contribution in [0.4, 0.5) is 5.82 Å². The second kappa shape index (κ2) is 5.23. The summed E-state index contributed by atoms with van der Waals surface area (Å²) in [6, 6.07) is 3.65. The predicted octanol–water partition coefficient (Wildman–Crippen LogP) is 1.74. The highest BCUT2D eigenvalue weighted by Gasteiger charge is 2.45. The Morgan fingerprint density at radius 1 is 1.45 bits per heavy atom. The van der Waals surface area contributed by atoms with Gasteiger partial charge in [0, 0.05) is 18.7 Å². The molecule has 1 aromatic rings. The fourth-order valence-corrected chi connectivity index (χ4v) is 2.54. The number of carbonyl (C=O) groups is 2. The molecule has 0 saturated carbocycles. The lowest BCUT2D eigenvalue weighted by atomic mass is 9.74. The molecular formula is C15H21N3O2. The largest absolute Gasteiger partial charge is 0.355 e. The molecule has 0 radical (unpaired) electrons. The van der Waals surface area contributed by atoms with Gasteiger partial charge in [0.1, 0.15) is 11.7 Å². The number of nitrogens with zero attached hydrogens (tertiary/aromatic N) is 1. The van der Waals surface area contributed by atoms with Crippen LogP contribution in [-0.2, 0) is 9.59 Å². The molecule has 0 spiro atoms. The zero-order chi connectivity index (χ0) is 14.9. The van der Waals surface area contributed by atoms with Crippen LogP contribution >= 0.6 is 0 Å². The van der Waals surface area contributed by atoms with E-state index >= 15 is 0 Å². The Morgan fingerprint density at radius 3 is 2.75 bits per heavy atom. The molecule has 5 nitrogen and oxygen atoms in total. The first-order valence-electron chi connectivity index (χ1n) is 6.80. The fourth-order valence-electron chi connectivity index (χ4n) is 2.54. The second-order valence-corrected chi connectivity index (χ2v) is 6.40. The number of carbonyl (C=O) groups excluding carboxylic acids is 2. The molecule has 2 N–H and O–H groups in total. The number of pyridine rings is 1. The minimum absolute atomic E-state index is 0.0141. The Balaban J connectivity index is 2.17. The molecule has 1 aliphatic heterocycles. The molecule has 0 aromatic carbocycles. The number of aromatic nitrogens is 1. The SMILES string of the molecule is Cc1ccnc(NC(=O)C2C(=O)NCC2C(C)(C)C)c1. The van der Waals surface area contributed by atoms with Gasteiger partial charge in [-0.3, -0.25) is 9.59 Å². The first-order chi connectivity index (χ1) is 9.29. The number of nitrogens with one attached hydrogen (secondary N) is 2. The Hall–Kier alpha value is -1.91. The summed E-state index contributed by atoms with van der Waals surface area (Å²) in [5.41, 5.74) is 0.903. The summed E-state index contributed by atoms with van der Waals surface area (Å²) in [5, 5.41) is 5.53. The van der Waals surface area contributed by atoms with Crippen molar-refractivity contribution in [1.82, 2.24) is 10.3 Å². The second-order valence-electron chi connectivity index (χ2n) is 6.40. The Morgan fingerprint density at radius 2 is 2.15 bits per heavy atom. The van der Waals surface area contributed by atoms with Gasteiger partial charge in [-0.25, -0.2) is 4.98 Å². The highest BCUT2D eigenvalue weighted by molar-refractivity contribution is 6.07. The van der Waals surface area contributed by atoms with Crippen molar-refractivity contribution in [3.63, 3.8) is 0 Å². The van der Waals surface area contributed by atoms with Crippen LogP contribution in [0, 0.1) is 24.2 Å². The van der Waals surface area contributed by atoms with Gasteiger partial charge in [0.25, 0.3) is 0 Å². The average molecular weight is 275 g/mol. The van der Waals surface area contributed by atoms with E-state index < -0.39 is 5.92 Å². The molecule has 2 amide bonds. The zero-order valence-corrected chi connectivity index (χ0v) is 12.4. The van der Waals surface area contributed by atoms with Crippen molar-refractivity contribution < 1.29 is 9.59 Å². The molecule has 0 bridgehead atoms. The molecule has 2 atom stereocenters. The quantitative estimate of drug-likeness (QED) is 0.808. The minimum Gasteiger partial charge on any atom is -0.355 e. The third kappa shape index (κ3) is 2.98. The number of hydrogen-bond donors (Lipinski definition) is 2. The van der Waals surface area contributed by atoms with Crippen molar-refractivity contribution in [1.29, 1.82) is 0 Å². The zero-order valence-electron chi connectivity index (χ0n) is 12.4. The lowest BCUT2D eigenvalue weighted by molar-refractivity contribution is -0.132. The van der Waals surface area contributed by atoms with Gasteiger partial charge in [0.05, 0.1) is 0 Å². The van der Waals surface area contributed by atoms with Crippen molar-refractivity contribution in [2.45, 2.75) is 27.7 Å². The number of hydrogen-bond acceptors (Lipinski definition) is 3. The summed E-state index contributed by atoms with van der Waals surface area (Å²) in [7, 11) is 0. The monoisotopic (exact) mass is 275 g/mol. The van der Waals surface area contributed by atoms with Gasteiger partial charge in [-0.1, -0.05) is 20.8 Å². The summed E-state index contributed by atoms with van der Waals surface area (Å²) in [6.07, 6.45) is 1.64. The Bertz CT molecular complexity index is 534. The average Bonchev–Trinajstić information content (AvgIpc) is 2.71. The molecule has 2 heterocycles. The van der Waals surface area contributed by atoms with Gasteiger partial charge >= 0.3 is 0 Å². The van der Waals surface area contributed by atoms with Gasteiger partial charge in [-0.05, 0) is 30.0 Å². The molecule has 20 heavy (non-hydrogen) atoms. The maximum Gasteiger partial charge on any atom is 0.238 e. The van der Waals surface area contributed by atoms with Crippen molar-refractivity contribution in [3.8, 4) is 0 Å². The maximum atomic E-state index is 12.4. The molecule has 5 heteroatoms. The number of aryl methyl sites for hydroxylation is 1. The van der Waals surface area contributed by atoms with Crippen LogP contribution in [0.25, 0.3) is 0 Å². The molecular weight excluding hydrogens is 254 g/mol. The van der Waals surface area contributed by atoms with E-state index in [2.05, 4.69) is 15.6 Å². The van der Waals surface area contributed by atoms with Gasteiger partial charge in [-0.15, -0.1) is 0 Å². The Labute approximate surface area is 119 Å². The van der Waals surface area contributed by atoms with E-state index in [9.17, 15) is 9.59 Å².